The fourth-order valence-corrected chi connectivity index (χ4v) is 131. The van der Waals surface area contributed by atoms with Crippen molar-refractivity contribution in [2.45, 2.75) is 59.1 Å². The van der Waals surface area contributed by atoms with Crippen LogP contribution in [0.2, 0.25) is 38.0 Å². The molecular weight excluding hydrogens is 588 g/mol. The van der Waals surface area contributed by atoms with Crippen molar-refractivity contribution in [2.24, 2.45) is 0 Å². The molecule has 10 fully saturated rings. The Morgan fingerprint density at radius 3 is 1.31 bits per heavy atom. The van der Waals surface area contributed by atoms with Crippen LogP contribution in [0.4, 0.5) is 0 Å². The van der Waals surface area contributed by atoms with Crippen molar-refractivity contribution in [2.75, 3.05) is 14.1 Å². The number of hydrogen-bond donors (Lipinski definition) is 0. The van der Waals surface area contributed by atoms with Gasteiger partial charge in [0.25, 0.3) is 0 Å². The zero-order valence-electron chi connectivity index (χ0n) is 24.4. The van der Waals surface area contributed by atoms with E-state index < -0.39 is 6.51 Å². The van der Waals surface area contributed by atoms with E-state index >= 15 is 0 Å². The van der Waals surface area contributed by atoms with E-state index in [-0.39, 0.29) is 15.8 Å². The summed E-state index contributed by atoms with van der Waals surface area (Å²) in [4.78, 5) is 11.0. The molecule has 0 bridgehead atoms. The molecule has 4 heteroatoms. The van der Waals surface area contributed by atoms with Crippen molar-refractivity contribution in [1.29, 1.82) is 0 Å². The zero-order chi connectivity index (χ0) is 27.6. The first-order valence-corrected chi connectivity index (χ1v) is 24.8. The third kappa shape index (κ3) is 0.557. The van der Waals surface area contributed by atoms with Gasteiger partial charge in [-0.2, -0.15) is 0 Å². The summed E-state index contributed by atoms with van der Waals surface area (Å²) in [6.07, 6.45) is 0. The fraction of sp³-hybridized carbons (Fsp3) is 0.368. The number of rotatable bonds is 8. The van der Waals surface area contributed by atoms with E-state index in [0.717, 1.165) is 20.5 Å². The molecule has 1 spiro atoms. The van der Waals surface area contributed by atoms with Crippen molar-refractivity contribution in [1.82, 2.24) is 4.90 Å². The average molecular weight is 626 g/mol. The molecule has 0 aromatic heterocycles. The van der Waals surface area contributed by atoms with E-state index in [1.54, 1.807) is 21.2 Å². The van der Waals surface area contributed by atoms with E-state index in [9.17, 15) is 0 Å². The Labute approximate surface area is 241 Å². The number of benzene rings is 4. The predicted octanol–water partition coefficient (Wildman–Crippen LogP) is 7.78. The van der Waals surface area contributed by atoms with Gasteiger partial charge in [-0.1, -0.05) is 0 Å². The van der Waals surface area contributed by atoms with Crippen molar-refractivity contribution < 1.29 is 6.51 Å². The maximum atomic E-state index is 2.73. The molecule has 42 heavy (non-hydrogen) atoms. The molecule has 10 aliphatic heterocycles. The van der Waals surface area contributed by atoms with E-state index in [4.69, 9.17) is 0 Å². The van der Waals surface area contributed by atoms with Crippen LogP contribution in [0, 0.1) is 0 Å². The Morgan fingerprint density at radius 2 is 0.952 bits per heavy atom. The third-order valence-corrected chi connectivity index (χ3v) is 78.5. The first-order valence-electron chi connectivity index (χ1n) is 16.0. The third-order valence-electron chi connectivity index (χ3n) is 21.1. The Hall–Kier alpha value is -1.78. The maximum absolute atomic E-state index is 4.26. The molecule has 10 aliphatic rings. The molecule has 1 nitrogen and oxygen atoms in total. The van der Waals surface area contributed by atoms with Gasteiger partial charge in [-0.3, -0.25) is 0 Å². The molecule has 14 rings (SSSR count). The topological polar surface area (TPSA) is 3.24 Å². The van der Waals surface area contributed by atoms with Gasteiger partial charge in [-0.15, -0.1) is 0 Å². The van der Waals surface area contributed by atoms with Gasteiger partial charge in [0.1, 0.15) is 0 Å². The molecule has 212 valence electrons. The minimum atomic E-state index is -4.26. The van der Waals surface area contributed by atoms with Gasteiger partial charge in [0.05, 0.1) is 0 Å². The van der Waals surface area contributed by atoms with Crippen LogP contribution in [0.1, 0.15) is 6.92 Å². The summed E-state index contributed by atoms with van der Waals surface area (Å²) < 4.78 is 2.04. The summed E-state index contributed by atoms with van der Waals surface area (Å²) in [5.41, 5.74) is 0. The molecule has 4 aromatic rings. The van der Waals surface area contributed by atoms with Crippen molar-refractivity contribution >= 4 is 37.1 Å². The Morgan fingerprint density at radius 1 is 0.548 bits per heavy atom. The molecule has 0 aliphatic carbocycles. The van der Waals surface area contributed by atoms with Gasteiger partial charge in [0.2, 0.25) is 0 Å². The summed E-state index contributed by atoms with van der Waals surface area (Å²) >= 11 is 0. The van der Waals surface area contributed by atoms with Crippen molar-refractivity contribution in [3.8, 4) is 0 Å². The fourth-order valence-electron chi connectivity index (χ4n) is 23.0. The van der Waals surface area contributed by atoms with Gasteiger partial charge in [-0.05, 0) is 0 Å². The molecule has 10 atom stereocenters. The Bertz CT molecular complexity index is 2270. The van der Waals surface area contributed by atoms with Crippen LogP contribution in [-0.4, -0.2) is 33.1 Å². The number of fused-ring (bicyclic) bond motifs is 10. The SMILES string of the molecule is C[C@H](N(C)C)[C@]12[CH]3[CH]4[CH]5[C]1(P(c1ccccc1)c1ccccc1)[Fe]45321678[CH]2[CH]1[CH]6[C]7(P(c1ccccc1)c1ccccc1)[CH]28. The van der Waals surface area contributed by atoms with Crippen LogP contribution in [0.5, 0.6) is 0 Å². The summed E-state index contributed by atoms with van der Waals surface area (Å²) in [5.74, 6) is 0. The molecule has 0 N–H and O–H groups in total. The normalized spacial score (nSPS) is 59.7. The molecule has 10 saturated heterocycles. The van der Waals surface area contributed by atoms with Crippen LogP contribution in [0.15, 0.2) is 121 Å². The van der Waals surface area contributed by atoms with Gasteiger partial charge in [-0.25, -0.2) is 0 Å². The van der Waals surface area contributed by atoms with Gasteiger partial charge in [0, 0.05) is 0 Å². The number of hydrogen-bond acceptors (Lipinski definition) is 1. The summed E-state index contributed by atoms with van der Waals surface area (Å²) in [6, 6.07) is 49.0. The molecule has 0 saturated carbocycles. The van der Waals surface area contributed by atoms with Crippen LogP contribution in [-0.2, 0) is 6.51 Å². The summed E-state index contributed by atoms with van der Waals surface area (Å²) in [6.45, 7) is -1.53. The second-order valence-electron chi connectivity index (χ2n) is 17.5. The predicted molar refractivity (Wildman–Crippen MR) is 176 cm³/mol. The first-order chi connectivity index (χ1) is 20.4. The van der Waals surface area contributed by atoms with Crippen LogP contribution >= 0.6 is 15.8 Å². The van der Waals surface area contributed by atoms with E-state index in [2.05, 4.69) is 147 Å². The van der Waals surface area contributed by atoms with E-state index in [0.29, 0.717) is 12.4 Å². The molecule has 0 radical (unpaired) electrons. The number of nitrogens with zero attached hydrogens (tertiary/aromatic N) is 1. The van der Waals surface area contributed by atoms with Crippen molar-refractivity contribution in [3.05, 3.63) is 121 Å². The van der Waals surface area contributed by atoms with E-state index in [1.165, 1.54) is 19.3 Å². The Balaban J connectivity index is 1.15. The standard InChI is InChI=1S/C21H23NP.C17H14P.Fe/c1-17(22(2)3)20-15-10-16-21(20)23(18-11-6-4-7-12-18)19-13-8-5-9-14-19;1-3-9-15(10-4-1)18(17-13-7-8-14-17)16-11-5-2-6-12-16;/h4-17H,1-3H3;1-14H;/t17-;;/m0../s1. The molecule has 0 amide bonds. The molecular formula is C38H37FeNP2. The second-order valence-corrected chi connectivity index (χ2v) is 46.0. The molecule has 8 unspecified atom stereocenters. The quantitative estimate of drug-likeness (QED) is 0.143. The van der Waals surface area contributed by atoms with Gasteiger partial charge < -0.3 is 0 Å². The van der Waals surface area contributed by atoms with E-state index in [1.807, 2.05) is 0 Å². The monoisotopic (exact) mass is 625 g/mol. The molecule has 4 aromatic carbocycles. The summed E-state index contributed by atoms with van der Waals surface area (Å²) in [7, 11) is 4.16. The van der Waals surface area contributed by atoms with Crippen LogP contribution in [0.3, 0.4) is 0 Å². The van der Waals surface area contributed by atoms with Crippen LogP contribution in [0.25, 0.3) is 0 Å². The van der Waals surface area contributed by atoms with Gasteiger partial charge >= 0.3 is 243 Å². The second kappa shape index (κ2) is 3.60. The first kappa shape index (κ1) is 21.8. The molecule has 10 heterocycles. The van der Waals surface area contributed by atoms with Crippen molar-refractivity contribution in [3.63, 3.8) is 0 Å². The Kier molecular flexibility index (Phi) is 1.87. The summed E-state index contributed by atoms with van der Waals surface area (Å²) in [5, 5.41) is 6.82. The zero-order valence-corrected chi connectivity index (χ0v) is 27.3. The van der Waals surface area contributed by atoms with Gasteiger partial charge in [0.15, 0.2) is 0 Å². The van der Waals surface area contributed by atoms with Crippen LogP contribution < -0.4 is 21.2 Å². The average Bonchev–Trinajstić information content (AvgIpc) is 4.00. The minimum absolute atomic E-state index is 0.347.